The Bertz CT molecular complexity index is 686. The highest BCUT2D eigenvalue weighted by Gasteiger charge is 2.12. The van der Waals surface area contributed by atoms with Crippen molar-refractivity contribution in [2.45, 2.75) is 13.0 Å². The lowest BCUT2D eigenvalue weighted by atomic mass is 10.3. The van der Waals surface area contributed by atoms with E-state index in [0.29, 0.717) is 5.02 Å². The van der Waals surface area contributed by atoms with E-state index in [1.807, 2.05) is 0 Å². The van der Waals surface area contributed by atoms with Crippen LogP contribution in [0.15, 0.2) is 30.5 Å². The molecular weight excluding hydrogens is 300 g/mol. The zero-order valence-electron chi connectivity index (χ0n) is 10.7. The second-order valence-electron chi connectivity index (χ2n) is 4.15. The Balaban J connectivity index is 1.92. The van der Waals surface area contributed by atoms with E-state index >= 15 is 0 Å². The molecule has 0 saturated carbocycles. The molecule has 9 heteroatoms. The summed E-state index contributed by atoms with van der Waals surface area (Å²) in [5.41, 5.74) is 0.207. The number of carbonyl (C=O) groups excluding carboxylic acids is 1. The number of amides is 1. The third kappa shape index (κ3) is 3.93. The van der Waals surface area contributed by atoms with Crippen LogP contribution in [0.2, 0.25) is 5.02 Å². The van der Waals surface area contributed by atoms with Crippen LogP contribution < -0.4 is 5.32 Å². The first-order valence-electron chi connectivity index (χ1n) is 5.92. The summed E-state index contributed by atoms with van der Waals surface area (Å²) in [5.74, 6) is -0.740. The van der Waals surface area contributed by atoms with E-state index in [0.717, 1.165) is 0 Å². The monoisotopic (exact) mass is 310 g/mol. The van der Waals surface area contributed by atoms with Crippen LogP contribution in [0.1, 0.15) is 6.42 Å². The minimum Gasteiger partial charge on any atom is -0.506 e. The second kappa shape index (κ2) is 6.23. The van der Waals surface area contributed by atoms with Crippen molar-refractivity contribution in [3.8, 4) is 5.75 Å². The van der Waals surface area contributed by atoms with Gasteiger partial charge in [0.05, 0.1) is 29.6 Å². The van der Waals surface area contributed by atoms with Gasteiger partial charge in [0.1, 0.15) is 5.75 Å². The summed E-state index contributed by atoms with van der Waals surface area (Å²) < 4.78 is 1.30. The molecule has 8 nitrogen and oxygen atoms in total. The number of nitro groups is 1. The Kier molecular flexibility index (Phi) is 4.39. The first-order valence-corrected chi connectivity index (χ1v) is 6.30. The number of nitrogens with zero attached hydrogens (tertiary/aromatic N) is 3. The first-order chi connectivity index (χ1) is 9.95. The number of anilines is 1. The maximum absolute atomic E-state index is 11.7. The number of aromatic hydroxyl groups is 1. The molecule has 0 bridgehead atoms. The number of phenols is 1. The third-order valence-electron chi connectivity index (χ3n) is 2.61. The highest BCUT2D eigenvalue weighted by atomic mass is 35.5. The van der Waals surface area contributed by atoms with Gasteiger partial charge in [-0.25, -0.2) is 0 Å². The quantitative estimate of drug-likeness (QED) is 0.499. The van der Waals surface area contributed by atoms with Gasteiger partial charge in [0, 0.05) is 11.4 Å². The van der Waals surface area contributed by atoms with E-state index in [1.165, 1.54) is 35.1 Å². The zero-order valence-corrected chi connectivity index (χ0v) is 11.4. The number of phenolic OH excluding ortho intramolecular Hbond substituents is 1. The van der Waals surface area contributed by atoms with E-state index in [1.54, 1.807) is 0 Å². The summed E-state index contributed by atoms with van der Waals surface area (Å²) in [6.07, 6.45) is 1.47. The lowest BCUT2D eigenvalue weighted by Crippen LogP contribution is -2.15. The van der Waals surface area contributed by atoms with E-state index in [9.17, 15) is 20.0 Å². The smallest absolute Gasteiger partial charge is 0.389 e. The van der Waals surface area contributed by atoms with Crippen LogP contribution in [0.4, 0.5) is 11.5 Å². The van der Waals surface area contributed by atoms with Crippen molar-refractivity contribution in [3.05, 3.63) is 45.6 Å². The summed E-state index contributed by atoms with van der Waals surface area (Å²) in [5, 5.41) is 26.6. The van der Waals surface area contributed by atoms with E-state index in [4.69, 9.17) is 11.6 Å². The molecule has 0 aliphatic heterocycles. The standard InChI is InChI=1S/C12H11ClN4O4/c13-8-1-2-10(18)9(7-8)14-12(19)4-6-16-5-3-11(15-16)17(20)21/h1-3,5,7,18H,4,6H2,(H,14,19). The van der Waals surface area contributed by atoms with Gasteiger partial charge in [0.2, 0.25) is 5.91 Å². The summed E-state index contributed by atoms with van der Waals surface area (Å²) in [7, 11) is 0. The largest absolute Gasteiger partial charge is 0.506 e. The summed E-state index contributed by atoms with van der Waals surface area (Å²) in [4.78, 5) is 21.6. The number of halogens is 1. The van der Waals surface area contributed by atoms with Crippen LogP contribution in [0.25, 0.3) is 0 Å². The van der Waals surface area contributed by atoms with Crippen LogP contribution in [0, 0.1) is 10.1 Å². The predicted molar refractivity (Wildman–Crippen MR) is 75.2 cm³/mol. The minimum atomic E-state index is -0.611. The van der Waals surface area contributed by atoms with Gasteiger partial charge in [0.25, 0.3) is 0 Å². The molecule has 0 radical (unpaired) electrons. The Morgan fingerprint density at radius 1 is 1.48 bits per heavy atom. The van der Waals surface area contributed by atoms with Gasteiger partial charge < -0.3 is 20.5 Å². The molecule has 2 N–H and O–H groups in total. The van der Waals surface area contributed by atoms with Gasteiger partial charge in [-0.05, 0) is 23.1 Å². The van der Waals surface area contributed by atoms with Crippen LogP contribution in [0.3, 0.4) is 0 Å². The lowest BCUT2D eigenvalue weighted by molar-refractivity contribution is -0.389. The Labute approximate surface area is 124 Å². The molecule has 2 rings (SSSR count). The van der Waals surface area contributed by atoms with Gasteiger partial charge in [-0.2, -0.15) is 4.68 Å². The molecule has 2 aromatic rings. The molecule has 0 aliphatic rings. The van der Waals surface area contributed by atoms with Crippen LogP contribution >= 0.6 is 11.6 Å². The van der Waals surface area contributed by atoms with Crippen molar-refractivity contribution >= 4 is 29.0 Å². The molecular formula is C12H11ClN4O4. The molecule has 1 aromatic carbocycles. The highest BCUT2D eigenvalue weighted by Crippen LogP contribution is 2.26. The Morgan fingerprint density at radius 3 is 2.90 bits per heavy atom. The number of hydrogen-bond acceptors (Lipinski definition) is 5. The predicted octanol–water partition coefficient (Wildman–Crippen LogP) is 2.18. The molecule has 0 saturated heterocycles. The molecule has 0 aliphatic carbocycles. The van der Waals surface area contributed by atoms with Gasteiger partial charge in [0.15, 0.2) is 0 Å². The number of hydrogen-bond donors (Lipinski definition) is 2. The summed E-state index contributed by atoms with van der Waals surface area (Å²) in [6, 6.07) is 5.54. The number of nitrogens with one attached hydrogen (secondary N) is 1. The molecule has 0 fully saturated rings. The van der Waals surface area contributed by atoms with Crippen LogP contribution in [0.5, 0.6) is 5.75 Å². The average Bonchev–Trinajstić information content (AvgIpc) is 2.90. The molecule has 110 valence electrons. The fraction of sp³-hybridized carbons (Fsp3) is 0.167. The van der Waals surface area contributed by atoms with Gasteiger partial charge >= 0.3 is 5.82 Å². The van der Waals surface area contributed by atoms with Crippen molar-refractivity contribution in [1.82, 2.24) is 9.78 Å². The lowest BCUT2D eigenvalue weighted by Gasteiger charge is -2.07. The normalized spacial score (nSPS) is 10.3. The van der Waals surface area contributed by atoms with Crippen molar-refractivity contribution in [2.24, 2.45) is 0 Å². The number of benzene rings is 1. The highest BCUT2D eigenvalue weighted by molar-refractivity contribution is 6.31. The summed E-state index contributed by atoms with van der Waals surface area (Å²) in [6.45, 7) is 0.182. The number of rotatable bonds is 5. The Hall–Kier alpha value is -2.61. The SMILES string of the molecule is O=C(CCn1ccc([N+](=O)[O-])n1)Nc1cc(Cl)ccc1O. The molecule has 1 heterocycles. The fourth-order valence-corrected chi connectivity index (χ4v) is 1.78. The van der Waals surface area contributed by atoms with Crippen molar-refractivity contribution in [2.75, 3.05) is 5.32 Å². The maximum Gasteiger partial charge on any atom is 0.389 e. The van der Waals surface area contributed by atoms with E-state index in [2.05, 4.69) is 10.4 Å². The van der Waals surface area contributed by atoms with Crippen molar-refractivity contribution in [1.29, 1.82) is 0 Å². The Morgan fingerprint density at radius 2 is 2.24 bits per heavy atom. The van der Waals surface area contributed by atoms with Crippen molar-refractivity contribution in [3.63, 3.8) is 0 Å². The molecule has 0 spiro atoms. The molecule has 0 atom stereocenters. The first kappa shape index (κ1) is 14.8. The maximum atomic E-state index is 11.7. The third-order valence-corrected chi connectivity index (χ3v) is 2.85. The average molecular weight is 311 g/mol. The van der Waals surface area contributed by atoms with Crippen LogP contribution in [-0.4, -0.2) is 25.7 Å². The van der Waals surface area contributed by atoms with E-state index < -0.39 is 4.92 Å². The van der Waals surface area contributed by atoms with Gasteiger partial charge in [-0.15, -0.1) is 0 Å². The summed E-state index contributed by atoms with van der Waals surface area (Å²) >= 11 is 5.77. The second-order valence-corrected chi connectivity index (χ2v) is 4.59. The molecule has 1 aromatic heterocycles. The molecule has 0 unspecified atom stereocenters. The van der Waals surface area contributed by atoms with Gasteiger partial charge in [-0.3, -0.25) is 4.79 Å². The van der Waals surface area contributed by atoms with Gasteiger partial charge in [-0.1, -0.05) is 11.6 Å². The minimum absolute atomic E-state index is 0.0464. The van der Waals surface area contributed by atoms with Crippen LogP contribution in [-0.2, 0) is 11.3 Å². The zero-order chi connectivity index (χ0) is 15.4. The number of aromatic nitrogens is 2. The van der Waals surface area contributed by atoms with Crippen molar-refractivity contribution < 1.29 is 14.8 Å². The van der Waals surface area contributed by atoms with E-state index in [-0.39, 0.29) is 36.1 Å². The number of aryl methyl sites for hydroxylation is 1. The molecule has 1 amide bonds. The molecule has 21 heavy (non-hydrogen) atoms. The fourth-order valence-electron chi connectivity index (χ4n) is 1.61. The topological polar surface area (TPSA) is 110 Å². The number of carbonyl (C=O) groups is 1.